The molecule has 0 bridgehead atoms. The summed E-state index contributed by atoms with van der Waals surface area (Å²) in [5, 5.41) is 3.12. The SMILES string of the molecule is COc1ccc(C(CNC(=O)Cc2cc(OC)ccc2OC)N2CCCC2)cc1. The Hall–Kier alpha value is -2.73. The van der Waals surface area contributed by atoms with Gasteiger partial charge in [-0.2, -0.15) is 0 Å². The molecule has 3 rings (SSSR count). The first-order valence-corrected chi connectivity index (χ1v) is 10.00. The van der Waals surface area contributed by atoms with Crippen molar-refractivity contribution in [2.24, 2.45) is 0 Å². The Bertz CT molecular complexity index is 801. The van der Waals surface area contributed by atoms with Gasteiger partial charge in [0, 0.05) is 12.1 Å². The van der Waals surface area contributed by atoms with Gasteiger partial charge in [0.25, 0.3) is 0 Å². The van der Waals surface area contributed by atoms with Gasteiger partial charge in [-0.25, -0.2) is 0 Å². The molecular weight excluding hydrogens is 368 g/mol. The average Bonchev–Trinajstić information content (AvgIpc) is 3.29. The van der Waals surface area contributed by atoms with Crippen molar-refractivity contribution in [3.05, 3.63) is 53.6 Å². The van der Waals surface area contributed by atoms with Crippen LogP contribution in [0, 0.1) is 0 Å². The van der Waals surface area contributed by atoms with Crippen LogP contribution in [0.5, 0.6) is 17.2 Å². The third-order valence-electron chi connectivity index (χ3n) is 5.41. The normalized spacial score (nSPS) is 15.0. The lowest BCUT2D eigenvalue weighted by Gasteiger charge is -2.28. The summed E-state index contributed by atoms with van der Waals surface area (Å²) in [4.78, 5) is 15.1. The molecule has 2 aromatic rings. The van der Waals surface area contributed by atoms with Crippen molar-refractivity contribution in [3.63, 3.8) is 0 Å². The number of nitrogens with one attached hydrogen (secondary N) is 1. The van der Waals surface area contributed by atoms with E-state index in [4.69, 9.17) is 14.2 Å². The van der Waals surface area contributed by atoms with Crippen LogP contribution in [-0.4, -0.2) is 51.8 Å². The van der Waals surface area contributed by atoms with Gasteiger partial charge in [0.2, 0.25) is 5.91 Å². The van der Waals surface area contributed by atoms with Crippen molar-refractivity contribution in [2.75, 3.05) is 41.0 Å². The van der Waals surface area contributed by atoms with Crippen LogP contribution in [0.4, 0.5) is 0 Å². The van der Waals surface area contributed by atoms with Crippen molar-refractivity contribution in [1.82, 2.24) is 10.2 Å². The van der Waals surface area contributed by atoms with Gasteiger partial charge < -0.3 is 19.5 Å². The number of ether oxygens (including phenoxy) is 3. The lowest BCUT2D eigenvalue weighted by Crippen LogP contribution is -2.37. The lowest BCUT2D eigenvalue weighted by atomic mass is 10.0. The fourth-order valence-electron chi connectivity index (χ4n) is 3.80. The van der Waals surface area contributed by atoms with Gasteiger partial charge in [-0.15, -0.1) is 0 Å². The van der Waals surface area contributed by atoms with Crippen LogP contribution < -0.4 is 19.5 Å². The summed E-state index contributed by atoms with van der Waals surface area (Å²) in [7, 11) is 4.89. The quantitative estimate of drug-likeness (QED) is 0.703. The number of nitrogens with zero attached hydrogens (tertiary/aromatic N) is 1. The number of likely N-dealkylation sites (tertiary alicyclic amines) is 1. The molecule has 2 aromatic carbocycles. The molecule has 1 aliphatic heterocycles. The van der Waals surface area contributed by atoms with E-state index in [-0.39, 0.29) is 18.4 Å². The van der Waals surface area contributed by atoms with Crippen molar-refractivity contribution in [2.45, 2.75) is 25.3 Å². The van der Waals surface area contributed by atoms with Crippen molar-refractivity contribution < 1.29 is 19.0 Å². The molecule has 0 radical (unpaired) electrons. The first-order chi connectivity index (χ1) is 14.1. The summed E-state index contributed by atoms with van der Waals surface area (Å²) >= 11 is 0. The number of hydrogen-bond donors (Lipinski definition) is 1. The molecule has 156 valence electrons. The van der Waals surface area contributed by atoms with Gasteiger partial charge in [-0.3, -0.25) is 9.69 Å². The second-order valence-corrected chi connectivity index (χ2v) is 7.19. The first-order valence-electron chi connectivity index (χ1n) is 10.00. The van der Waals surface area contributed by atoms with Crippen LogP contribution in [0.25, 0.3) is 0 Å². The fraction of sp³-hybridized carbons (Fsp3) is 0.435. The maximum Gasteiger partial charge on any atom is 0.224 e. The van der Waals surface area contributed by atoms with Gasteiger partial charge in [-0.1, -0.05) is 12.1 Å². The first kappa shape index (κ1) is 21.0. The molecule has 1 aliphatic rings. The van der Waals surface area contributed by atoms with Crippen LogP contribution in [-0.2, 0) is 11.2 Å². The predicted molar refractivity (Wildman–Crippen MR) is 113 cm³/mol. The summed E-state index contributed by atoms with van der Waals surface area (Å²) in [6.07, 6.45) is 2.64. The third-order valence-corrected chi connectivity index (χ3v) is 5.41. The molecule has 1 atom stereocenters. The Kier molecular flexibility index (Phi) is 7.36. The Labute approximate surface area is 172 Å². The highest BCUT2D eigenvalue weighted by Gasteiger charge is 2.24. The maximum absolute atomic E-state index is 12.7. The Morgan fingerprint density at radius 2 is 1.62 bits per heavy atom. The van der Waals surface area contributed by atoms with E-state index in [0.717, 1.165) is 24.4 Å². The van der Waals surface area contributed by atoms with Gasteiger partial charge in [0.15, 0.2) is 0 Å². The maximum atomic E-state index is 12.7. The molecule has 29 heavy (non-hydrogen) atoms. The van der Waals surface area contributed by atoms with Gasteiger partial charge in [-0.05, 0) is 61.8 Å². The van der Waals surface area contributed by atoms with Crippen molar-refractivity contribution >= 4 is 5.91 Å². The highest BCUT2D eigenvalue weighted by molar-refractivity contribution is 5.79. The number of amides is 1. The zero-order chi connectivity index (χ0) is 20.6. The van der Waals surface area contributed by atoms with Crippen LogP contribution in [0.2, 0.25) is 0 Å². The molecule has 6 heteroatoms. The zero-order valence-electron chi connectivity index (χ0n) is 17.4. The van der Waals surface area contributed by atoms with Crippen LogP contribution in [0.15, 0.2) is 42.5 Å². The predicted octanol–water partition coefficient (Wildman–Crippen LogP) is 3.21. The summed E-state index contributed by atoms with van der Waals surface area (Å²) < 4.78 is 15.9. The second-order valence-electron chi connectivity index (χ2n) is 7.19. The average molecular weight is 399 g/mol. The highest BCUT2D eigenvalue weighted by atomic mass is 16.5. The minimum atomic E-state index is -0.0331. The number of hydrogen-bond acceptors (Lipinski definition) is 5. The summed E-state index contributed by atoms with van der Waals surface area (Å²) in [6, 6.07) is 13.8. The molecule has 0 spiro atoms. The monoisotopic (exact) mass is 398 g/mol. The van der Waals surface area contributed by atoms with Crippen LogP contribution in [0.1, 0.15) is 30.0 Å². The highest BCUT2D eigenvalue weighted by Crippen LogP contribution is 2.27. The van der Waals surface area contributed by atoms with Gasteiger partial charge in [0.05, 0.1) is 33.8 Å². The topological polar surface area (TPSA) is 60.0 Å². The van der Waals surface area contributed by atoms with E-state index in [1.807, 2.05) is 30.3 Å². The molecule has 1 saturated heterocycles. The van der Waals surface area contributed by atoms with E-state index in [2.05, 4.69) is 22.3 Å². The molecule has 0 saturated carbocycles. The minimum absolute atomic E-state index is 0.0331. The van der Waals surface area contributed by atoms with E-state index in [1.165, 1.54) is 18.4 Å². The summed E-state index contributed by atoms with van der Waals surface area (Å²) in [6.45, 7) is 2.67. The smallest absolute Gasteiger partial charge is 0.224 e. The van der Waals surface area contributed by atoms with E-state index in [1.54, 1.807) is 21.3 Å². The molecule has 1 heterocycles. The molecule has 6 nitrogen and oxygen atoms in total. The number of carbonyl (C=O) groups excluding carboxylic acids is 1. The molecule has 1 fully saturated rings. The van der Waals surface area contributed by atoms with Crippen molar-refractivity contribution in [1.29, 1.82) is 0 Å². The van der Waals surface area contributed by atoms with Crippen LogP contribution >= 0.6 is 0 Å². The number of carbonyl (C=O) groups is 1. The summed E-state index contributed by atoms with van der Waals surface area (Å²) in [5.41, 5.74) is 2.00. The Balaban J connectivity index is 1.68. The second kappa shape index (κ2) is 10.2. The largest absolute Gasteiger partial charge is 0.497 e. The molecule has 0 aromatic heterocycles. The van der Waals surface area contributed by atoms with Crippen molar-refractivity contribution in [3.8, 4) is 17.2 Å². The number of benzene rings is 2. The van der Waals surface area contributed by atoms with Crippen LogP contribution in [0.3, 0.4) is 0 Å². The standard InChI is InChI=1S/C23H30N2O4/c1-27-19-8-6-17(7-9-19)21(25-12-4-5-13-25)16-24-23(26)15-18-14-20(28-2)10-11-22(18)29-3/h6-11,14,21H,4-5,12-13,15-16H2,1-3H3,(H,24,26). The lowest BCUT2D eigenvalue weighted by molar-refractivity contribution is -0.120. The zero-order valence-corrected chi connectivity index (χ0v) is 17.4. The van der Waals surface area contributed by atoms with E-state index < -0.39 is 0 Å². The fourth-order valence-corrected chi connectivity index (χ4v) is 3.80. The van der Waals surface area contributed by atoms with Gasteiger partial charge in [0.1, 0.15) is 17.2 Å². The van der Waals surface area contributed by atoms with E-state index in [9.17, 15) is 4.79 Å². The van der Waals surface area contributed by atoms with Gasteiger partial charge >= 0.3 is 0 Å². The molecule has 1 amide bonds. The van der Waals surface area contributed by atoms with E-state index in [0.29, 0.717) is 18.0 Å². The molecule has 1 N–H and O–H groups in total. The molecule has 0 aliphatic carbocycles. The third kappa shape index (κ3) is 5.41. The molecular formula is C23H30N2O4. The van der Waals surface area contributed by atoms with E-state index >= 15 is 0 Å². The minimum Gasteiger partial charge on any atom is -0.497 e. The Morgan fingerprint density at radius 3 is 2.24 bits per heavy atom. The summed E-state index contributed by atoms with van der Waals surface area (Å²) in [5.74, 6) is 2.20. The molecule has 1 unspecified atom stereocenters. The number of rotatable bonds is 9. The Morgan fingerprint density at radius 1 is 0.966 bits per heavy atom. The number of methoxy groups -OCH3 is 3.